The van der Waals surface area contributed by atoms with E-state index in [2.05, 4.69) is 42.2 Å². The molecular formula is C37H45N9O2. The minimum absolute atomic E-state index is 0.254. The van der Waals surface area contributed by atoms with E-state index in [1.54, 1.807) is 30.6 Å². The molecule has 11 nitrogen and oxygen atoms in total. The first-order chi connectivity index (χ1) is 23.6. The van der Waals surface area contributed by atoms with E-state index in [-0.39, 0.29) is 5.92 Å². The van der Waals surface area contributed by atoms with Gasteiger partial charge in [0.25, 0.3) is 0 Å². The highest BCUT2D eigenvalue weighted by Gasteiger charge is 2.14. The van der Waals surface area contributed by atoms with Crippen LogP contribution in [0, 0.1) is 17.0 Å². The number of rotatable bonds is 24. The van der Waals surface area contributed by atoms with Crippen LogP contribution < -0.4 is 10.6 Å². The van der Waals surface area contributed by atoms with Crippen LogP contribution in [0.4, 0.5) is 0 Å². The Labute approximate surface area is 283 Å². The molecule has 0 bridgehead atoms. The maximum atomic E-state index is 11.5. The Hall–Kier alpha value is -5.39. The summed E-state index contributed by atoms with van der Waals surface area (Å²) < 4.78 is 0. The number of aldehydes is 2. The standard InChI is InChI=1S/C37H45N9O2/c1-2-11-33(29-47)16-10-19-45(27-36(43-38)24-40-22-31-12-5-3-6-13-31)20-21-46(26-34-17-9-18-35(30-48)42-34)28-37(44-39)25-41-23-32-14-7-4-8-15-32/h2-10,12-18,24-25,29-30,33,38-41H,1,11,19-23,26-28H2/b16-10+,36-24-,37-25-,43-38?,44-39?. The van der Waals surface area contributed by atoms with E-state index in [9.17, 15) is 9.59 Å². The average Bonchev–Trinajstić information content (AvgIpc) is 3.13. The number of hydrogen-bond donors (Lipinski definition) is 4. The van der Waals surface area contributed by atoms with Crippen molar-refractivity contribution in [2.45, 2.75) is 26.1 Å². The predicted molar refractivity (Wildman–Crippen MR) is 188 cm³/mol. The Bertz CT molecular complexity index is 1520. The van der Waals surface area contributed by atoms with Gasteiger partial charge in [0.1, 0.15) is 12.0 Å². The average molecular weight is 648 g/mol. The second-order valence-corrected chi connectivity index (χ2v) is 11.1. The number of pyridine rings is 1. The van der Waals surface area contributed by atoms with Gasteiger partial charge in [0.05, 0.1) is 17.1 Å². The number of carbonyl (C=O) groups excluding carboxylic acids is 2. The summed E-state index contributed by atoms with van der Waals surface area (Å²) in [5, 5.41) is 14.1. The van der Waals surface area contributed by atoms with Crippen molar-refractivity contribution in [3.63, 3.8) is 0 Å². The Kier molecular flexibility index (Phi) is 17.1. The summed E-state index contributed by atoms with van der Waals surface area (Å²) in [4.78, 5) is 31.6. The Balaban J connectivity index is 1.77. The maximum Gasteiger partial charge on any atom is 0.168 e. The van der Waals surface area contributed by atoms with Crippen LogP contribution in [0.1, 0.15) is 33.7 Å². The van der Waals surface area contributed by atoms with Crippen molar-refractivity contribution in [1.82, 2.24) is 25.4 Å². The molecule has 0 aliphatic rings. The summed E-state index contributed by atoms with van der Waals surface area (Å²) in [5.41, 5.74) is 20.1. The lowest BCUT2D eigenvalue weighted by Gasteiger charge is -2.27. The molecule has 0 saturated heterocycles. The van der Waals surface area contributed by atoms with Gasteiger partial charge >= 0.3 is 0 Å². The fourth-order valence-electron chi connectivity index (χ4n) is 4.82. The van der Waals surface area contributed by atoms with Crippen molar-refractivity contribution >= 4 is 12.6 Å². The summed E-state index contributed by atoms with van der Waals surface area (Å²) in [6.45, 7) is 7.76. The van der Waals surface area contributed by atoms with Crippen LogP contribution in [-0.2, 0) is 24.4 Å². The van der Waals surface area contributed by atoms with Crippen LogP contribution in [0.5, 0.6) is 0 Å². The highest BCUT2D eigenvalue weighted by molar-refractivity contribution is 5.71. The number of carbonyl (C=O) groups is 2. The first-order valence-electron chi connectivity index (χ1n) is 15.8. The highest BCUT2D eigenvalue weighted by Crippen LogP contribution is 2.10. The van der Waals surface area contributed by atoms with Crippen LogP contribution in [0.3, 0.4) is 0 Å². The molecule has 0 amide bonds. The molecule has 1 atom stereocenters. The van der Waals surface area contributed by atoms with Gasteiger partial charge in [0.2, 0.25) is 0 Å². The highest BCUT2D eigenvalue weighted by atomic mass is 16.1. The first kappa shape index (κ1) is 37.1. The molecule has 4 N–H and O–H groups in total. The molecular weight excluding hydrogens is 602 g/mol. The molecule has 1 heterocycles. The number of hydrogen-bond acceptors (Lipinski definition) is 11. The van der Waals surface area contributed by atoms with E-state index >= 15 is 0 Å². The summed E-state index contributed by atoms with van der Waals surface area (Å²) >= 11 is 0. The van der Waals surface area contributed by atoms with Gasteiger partial charge in [-0.2, -0.15) is 10.2 Å². The summed E-state index contributed by atoms with van der Waals surface area (Å²) in [7, 11) is 0. The SMILES string of the molecule is C=CCC(C=O)/C=C/CN(CCN(C/C(=C/NCc1ccccc1)N=N)Cc1cccc(C=O)n1)C/C(=C/NCc1ccccc1)N=N. The molecule has 3 aromatic rings. The van der Waals surface area contributed by atoms with E-state index in [1.807, 2.05) is 78.9 Å². The van der Waals surface area contributed by atoms with Gasteiger partial charge in [-0.15, -0.1) is 6.58 Å². The molecule has 3 rings (SSSR count). The number of allylic oxidation sites excluding steroid dienone is 2. The van der Waals surface area contributed by atoms with E-state index in [0.29, 0.717) is 75.9 Å². The zero-order valence-electron chi connectivity index (χ0n) is 27.2. The minimum Gasteiger partial charge on any atom is -0.385 e. The lowest BCUT2D eigenvalue weighted by molar-refractivity contribution is -0.109. The normalized spacial score (nSPS) is 12.5. The van der Waals surface area contributed by atoms with Gasteiger partial charge in [-0.3, -0.25) is 14.6 Å². The van der Waals surface area contributed by atoms with Crippen LogP contribution in [0.15, 0.2) is 138 Å². The summed E-state index contributed by atoms with van der Waals surface area (Å²) in [5.74, 6) is -0.254. The van der Waals surface area contributed by atoms with Gasteiger partial charge in [0, 0.05) is 70.7 Å². The molecule has 2 aromatic carbocycles. The zero-order valence-corrected chi connectivity index (χ0v) is 27.2. The van der Waals surface area contributed by atoms with Crippen LogP contribution in [0.2, 0.25) is 0 Å². The van der Waals surface area contributed by atoms with Crippen LogP contribution >= 0.6 is 0 Å². The predicted octanol–water partition coefficient (Wildman–Crippen LogP) is 6.27. The quantitative estimate of drug-likeness (QED) is 0.0509. The van der Waals surface area contributed by atoms with E-state index in [1.165, 1.54) is 0 Å². The second kappa shape index (κ2) is 22.2. The molecule has 1 aromatic heterocycles. The summed E-state index contributed by atoms with van der Waals surface area (Å²) in [6, 6.07) is 25.3. The number of aromatic nitrogens is 1. The molecule has 250 valence electrons. The van der Waals surface area contributed by atoms with Crippen molar-refractivity contribution in [3.8, 4) is 0 Å². The molecule has 0 aliphatic carbocycles. The smallest absolute Gasteiger partial charge is 0.168 e. The first-order valence-corrected chi connectivity index (χ1v) is 15.8. The lowest BCUT2D eigenvalue weighted by Crippen LogP contribution is -2.37. The Morgan fingerprint density at radius 3 is 1.94 bits per heavy atom. The number of nitrogens with zero attached hydrogens (tertiary/aromatic N) is 5. The van der Waals surface area contributed by atoms with Crippen LogP contribution in [-0.4, -0.2) is 60.1 Å². The molecule has 0 spiro atoms. The maximum absolute atomic E-state index is 11.5. The van der Waals surface area contributed by atoms with Crippen molar-refractivity contribution in [3.05, 3.63) is 150 Å². The van der Waals surface area contributed by atoms with E-state index in [4.69, 9.17) is 11.1 Å². The lowest BCUT2D eigenvalue weighted by atomic mass is 10.1. The van der Waals surface area contributed by atoms with Gasteiger partial charge in [0.15, 0.2) is 6.29 Å². The third kappa shape index (κ3) is 14.4. The van der Waals surface area contributed by atoms with Gasteiger partial charge in [-0.1, -0.05) is 85.0 Å². The second-order valence-electron chi connectivity index (χ2n) is 11.1. The molecule has 0 aliphatic heterocycles. The third-order valence-electron chi connectivity index (χ3n) is 7.32. The van der Waals surface area contributed by atoms with E-state index < -0.39 is 0 Å². The van der Waals surface area contributed by atoms with Crippen molar-refractivity contribution in [1.29, 1.82) is 11.1 Å². The van der Waals surface area contributed by atoms with Gasteiger partial charge in [-0.25, -0.2) is 16.0 Å². The fourth-order valence-corrected chi connectivity index (χ4v) is 4.82. The van der Waals surface area contributed by atoms with Crippen molar-refractivity contribution in [2.24, 2.45) is 16.1 Å². The molecule has 0 saturated carbocycles. The van der Waals surface area contributed by atoms with Crippen LogP contribution in [0.25, 0.3) is 0 Å². The topological polar surface area (TPSA) is 150 Å². The molecule has 0 fully saturated rings. The molecule has 48 heavy (non-hydrogen) atoms. The van der Waals surface area contributed by atoms with Crippen molar-refractivity contribution < 1.29 is 9.59 Å². The van der Waals surface area contributed by atoms with Gasteiger partial charge in [-0.05, 0) is 29.7 Å². The number of nitrogens with one attached hydrogen (secondary N) is 4. The Morgan fingerprint density at radius 1 is 0.812 bits per heavy atom. The fraction of sp³-hybridized carbons (Fsp3) is 0.270. The van der Waals surface area contributed by atoms with E-state index in [0.717, 1.165) is 29.4 Å². The molecule has 11 heteroatoms. The third-order valence-corrected chi connectivity index (χ3v) is 7.32. The summed E-state index contributed by atoms with van der Waals surface area (Å²) in [6.07, 6.45) is 11.3. The monoisotopic (exact) mass is 647 g/mol. The Morgan fingerprint density at radius 2 is 1.40 bits per heavy atom. The zero-order chi connectivity index (χ0) is 34.2. The molecule has 1 unspecified atom stereocenters. The minimum atomic E-state index is -0.254. The number of benzene rings is 2. The molecule has 0 radical (unpaired) electrons. The largest absolute Gasteiger partial charge is 0.385 e. The van der Waals surface area contributed by atoms with Crippen molar-refractivity contribution in [2.75, 3.05) is 32.7 Å². The van der Waals surface area contributed by atoms with Gasteiger partial charge < -0.3 is 15.4 Å².